The van der Waals surface area contributed by atoms with E-state index in [-0.39, 0.29) is 17.5 Å². The Morgan fingerprint density at radius 1 is 1.24 bits per heavy atom. The molecular formula is C20H25N3O5S. The molecule has 1 heterocycles. The average Bonchev–Trinajstić information content (AvgIpc) is 2.87. The van der Waals surface area contributed by atoms with Crippen LogP contribution in [-0.2, 0) is 14.3 Å². The van der Waals surface area contributed by atoms with Crippen molar-refractivity contribution in [1.29, 1.82) is 0 Å². The van der Waals surface area contributed by atoms with Gasteiger partial charge in [-0.15, -0.1) is 11.8 Å². The maximum absolute atomic E-state index is 12.2. The van der Waals surface area contributed by atoms with Gasteiger partial charge in [0.05, 0.1) is 11.3 Å². The second-order valence-corrected chi connectivity index (χ2v) is 8.46. The van der Waals surface area contributed by atoms with Gasteiger partial charge in [0, 0.05) is 23.1 Å². The lowest BCUT2D eigenvalue weighted by Gasteiger charge is -2.29. The molecule has 8 nitrogen and oxygen atoms in total. The minimum Gasteiger partial charge on any atom is -0.452 e. The van der Waals surface area contributed by atoms with Crippen molar-refractivity contribution in [2.24, 2.45) is 5.92 Å². The Morgan fingerprint density at radius 3 is 2.83 bits per heavy atom. The van der Waals surface area contributed by atoms with E-state index in [9.17, 15) is 19.2 Å². The molecule has 156 valence electrons. The molecule has 4 amide bonds. The van der Waals surface area contributed by atoms with Gasteiger partial charge in [-0.05, 0) is 37.0 Å². The number of urea groups is 1. The molecule has 1 fully saturated rings. The van der Waals surface area contributed by atoms with Crippen LogP contribution in [0.5, 0.6) is 0 Å². The van der Waals surface area contributed by atoms with Crippen LogP contribution in [0.3, 0.4) is 0 Å². The maximum Gasteiger partial charge on any atom is 0.338 e. The molecule has 29 heavy (non-hydrogen) atoms. The number of anilines is 1. The van der Waals surface area contributed by atoms with Crippen LogP contribution < -0.4 is 16.0 Å². The summed E-state index contributed by atoms with van der Waals surface area (Å²) < 4.78 is 5.00. The second kappa shape index (κ2) is 9.78. The largest absolute Gasteiger partial charge is 0.452 e. The maximum atomic E-state index is 12.2. The van der Waals surface area contributed by atoms with Crippen LogP contribution in [0.2, 0.25) is 0 Å². The van der Waals surface area contributed by atoms with E-state index in [0.717, 1.165) is 30.6 Å². The van der Waals surface area contributed by atoms with Crippen molar-refractivity contribution in [2.75, 3.05) is 17.7 Å². The van der Waals surface area contributed by atoms with Gasteiger partial charge in [0.2, 0.25) is 5.91 Å². The number of thioether (sulfide) groups is 1. The molecule has 0 unspecified atom stereocenters. The van der Waals surface area contributed by atoms with E-state index in [1.54, 1.807) is 12.1 Å². The van der Waals surface area contributed by atoms with Gasteiger partial charge in [0.25, 0.3) is 5.91 Å². The molecule has 1 aromatic carbocycles. The molecule has 0 spiro atoms. The van der Waals surface area contributed by atoms with Crippen LogP contribution in [-0.4, -0.2) is 42.2 Å². The third-order valence-corrected chi connectivity index (χ3v) is 6.17. The number of fused-ring (bicyclic) bond motifs is 1. The van der Waals surface area contributed by atoms with Crippen molar-refractivity contribution in [2.45, 2.75) is 50.0 Å². The van der Waals surface area contributed by atoms with Crippen molar-refractivity contribution in [3.8, 4) is 0 Å². The fraction of sp³-hybridized carbons (Fsp3) is 0.500. The standard InChI is InChI=1S/C20H25N3O5S/c1-12-4-2-3-5-14(12)22-20(27)23-18(25)11-28-19(26)13-6-7-16-15(10-13)21-17(24)8-9-29-16/h6-7,10,12,14H,2-5,8-9,11H2,1H3,(H,21,24)(H2,22,23,25,27)/t12-,14-/m1/s1. The molecular weight excluding hydrogens is 394 g/mol. The summed E-state index contributed by atoms with van der Waals surface area (Å²) in [4.78, 5) is 48.7. The van der Waals surface area contributed by atoms with Crippen LogP contribution in [0.15, 0.2) is 23.1 Å². The van der Waals surface area contributed by atoms with Gasteiger partial charge in [0.1, 0.15) is 0 Å². The van der Waals surface area contributed by atoms with E-state index < -0.39 is 24.5 Å². The third kappa shape index (κ3) is 5.96. The minimum atomic E-state index is -0.701. The topological polar surface area (TPSA) is 114 Å². The van der Waals surface area contributed by atoms with Gasteiger partial charge in [-0.2, -0.15) is 0 Å². The number of esters is 1. The average molecular weight is 420 g/mol. The molecule has 3 N–H and O–H groups in total. The number of carbonyl (C=O) groups excluding carboxylic acids is 4. The van der Waals surface area contributed by atoms with Crippen LogP contribution in [0.25, 0.3) is 0 Å². The summed E-state index contributed by atoms with van der Waals surface area (Å²) in [6, 6.07) is 4.33. The van der Waals surface area contributed by atoms with E-state index in [1.165, 1.54) is 17.8 Å². The summed E-state index contributed by atoms with van der Waals surface area (Å²) in [5.41, 5.74) is 0.775. The molecule has 0 radical (unpaired) electrons. The molecule has 2 aliphatic rings. The van der Waals surface area contributed by atoms with Gasteiger partial charge in [0.15, 0.2) is 6.61 Å². The first-order chi connectivity index (χ1) is 13.9. The third-order valence-electron chi connectivity index (χ3n) is 5.09. The van der Waals surface area contributed by atoms with Crippen molar-refractivity contribution >= 4 is 41.3 Å². The predicted molar refractivity (Wildman–Crippen MR) is 109 cm³/mol. The van der Waals surface area contributed by atoms with Gasteiger partial charge in [-0.1, -0.05) is 19.8 Å². The molecule has 1 saturated carbocycles. The molecule has 1 aliphatic carbocycles. The zero-order valence-electron chi connectivity index (χ0n) is 16.3. The second-order valence-electron chi connectivity index (χ2n) is 7.32. The summed E-state index contributed by atoms with van der Waals surface area (Å²) in [6.07, 6.45) is 4.56. The molecule has 2 atom stereocenters. The Morgan fingerprint density at radius 2 is 2.03 bits per heavy atom. The van der Waals surface area contributed by atoms with E-state index in [2.05, 4.69) is 22.9 Å². The van der Waals surface area contributed by atoms with Crippen molar-refractivity contribution in [1.82, 2.24) is 10.6 Å². The van der Waals surface area contributed by atoms with Gasteiger partial charge < -0.3 is 15.4 Å². The number of imide groups is 1. The molecule has 0 bridgehead atoms. The Balaban J connectivity index is 1.48. The van der Waals surface area contributed by atoms with Crippen LogP contribution in [0.4, 0.5) is 10.5 Å². The quantitative estimate of drug-likeness (QED) is 0.647. The number of hydrogen-bond donors (Lipinski definition) is 3. The predicted octanol–water partition coefficient (Wildman–Crippen LogP) is 2.68. The van der Waals surface area contributed by atoms with E-state index in [4.69, 9.17) is 4.74 Å². The number of amides is 4. The Kier molecular flexibility index (Phi) is 7.13. The van der Waals surface area contributed by atoms with Crippen molar-refractivity contribution < 1.29 is 23.9 Å². The molecule has 9 heteroatoms. The fourth-order valence-electron chi connectivity index (χ4n) is 3.46. The highest BCUT2D eigenvalue weighted by Crippen LogP contribution is 2.31. The Labute approximate surface area is 173 Å². The zero-order valence-corrected chi connectivity index (χ0v) is 17.1. The lowest BCUT2D eigenvalue weighted by molar-refractivity contribution is -0.123. The highest BCUT2D eigenvalue weighted by molar-refractivity contribution is 7.99. The summed E-state index contributed by atoms with van der Waals surface area (Å²) in [6.45, 7) is 1.51. The monoisotopic (exact) mass is 419 g/mol. The normalized spacial score (nSPS) is 21.2. The smallest absolute Gasteiger partial charge is 0.338 e. The van der Waals surface area contributed by atoms with E-state index >= 15 is 0 Å². The van der Waals surface area contributed by atoms with Gasteiger partial charge in [-0.25, -0.2) is 9.59 Å². The molecule has 0 aromatic heterocycles. The molecule has 1 aromatic rings. The first kappa shape index (κ1) is 21.2. The lowest BCUT2D eigenvalue weighted by Crippen LogP contribution is -2.48. The first-order valence-corrected chi connectivity index (χ1v) is 10.7. The van der Waals surface area contributed by atoms with Crippen molar-refractivity contribution in [3.63, 3.8) is 0 Å². The van der Waals surface area contributed by atoms with E-state index in [0.29, 0.717) is 23.8 Å². The lowest BCUT2D eigenvalue weighted by atomic mass is 9.86. The van der Waals surface area contributed by atoms with Crippen LogP contribution >= 0.6 is 11.8 Å². The molecule has 1 aliphatic heterocycles. The van der Waals surface area contributed by atoms with Gasteiger partial charge in [-0.3, -0.25) is 14.9 Å². The Hall–Kier alpha value is -2.55. The minimum absolute atomic E-state index is 0.0479. The van der Waals surface area contributed by atoms with Gasteiger partial charge >= 0.3 is 12.0 Å². The zero-order chi connectivity index (χ0) is 20.8. The summed E-state index contributed by atoms with van der Waals surface area (Å²) in [5.74, 6) is -0.468. The summed E-state index contributed by atoms with van der Waals surface area (Å²) >= 11 is 1.53. The molecule has 0 saturated heterocycles. The van der Waals surface area contributed by atoms with E-state index in [1.807, 2.05) is 0 Å². The highest BCUT2D eigenvalue weighted by atomic mass is 32.2. The fourth-order valence-corrected chi connectivity index (χ4v) is 4.40. The van der Waals surface area contributed by atoms with Crippen molar-refractivity contribution in [3.05, 3.63) is 23.8 Å². The summed E-state index contributed by atoms with van der Waals surface area (Å²) in [5, 5.41) is 7.75. The number of carbonyl (C=O) groups is 4. The highest BCUT2D eigenvalue weighted by Gasteiger charge is 2.23. The first-order valence-electron chi connectivity index (χ1n) is 9.76. The number of benzene rings is 1. The number of ether oxygens (including phenoxy) is 1. The van der Waals surface area contributed by atoms with Crippen LogP contribution in [0, 0.1) is 5.92 Å². The SMILES string of the molecule is C[C@@H]1CCCC[C@H]1NC(=O)NC(=O)COC(=O)c1ccc2c(c1)NC(=O)CCS2. The number of rotatable bonds is 4. The Bertz CT molecular complexity index is 813. The number of nitrogens with one attached hydrogen (secondary N) is 3. The number of hydrogen-bond acceptors (Lipinski definition) is 6. The van der Waals surface area contributed by atoms with Crippen LogP contribution in [0.1, 0.15) is 49.4 Å². The summed E-state index contributed by atoms with van der Waals surface area (Å²) in [7, 11) is 0. The molecule has 3 rings (SSSR count).